The molecule has 2 aromatic rings. The van der Waals surface area contributed by atoms with Crippen LogP contribution < -0.4 is 0 Å². The van der Waals surface area contributed by atoms with E-state index in [0.29, 0.717) is 6.04 Å². The minimum absolute atomic E-state index is 0.481. The largest absolute Gasteiger partial charge is 0.381 e. The van der Waals surface area contributed by atoms with Gasteiger partial charge in [0.15, 0.2) is 0 Å². The van der Waals surface area contributed by atoms with Gasteiger partial charge in [0.25, 0.3) is 0 Å². The molecule has 0 bridgehead atoms. The van der Waals surface area contributed by atoms with Crippen molar-refractivity contribution in [3.63, 3.8) is 0 Å². The summed E-state index contributed by atoms with van der Waals surface area (Å²) >= 11 is 3.61. The highest BCUT2D eigenvalue weighted by Gasteiger charge is 2.20. The van der Waals surface area contributed by atoms with Gasteiger partial charge in [-0.1, -0.05) is 22.0 Å². The molecule has 0 N–H and O–H groups in total. The second-order valence-corrected chi connectivity index (χ2v) is 5.36. The highest BCUT2D eigenvalue weighted by Crippen LogP contribution is 2.31. The van der Waals surface area contributed by atoms with Crippen LogP contribution in [0, 0.1) is 6.92 Å². The molecule has 0 spiro atoms. The van der Waals surface area contributed by atoms with Gasteiger partial charge < -0.3 is 4.74 Å². The van der Waals surface area contributed by atoms with Gasteiger partial charge >= 0.3 is 0 Å². The molecule has 17 heavy (non-hydrogen) atoms. The Bertz CT molecular complexity index is 544. The number of ether oxygens (including phenoxy) is 1. The Morgan fingerprint density at radius 1 is 1.35 bits per heavy atom. The first-order chi connectivity index (χ1) is 8.27. The van der Waals surface area contributed by atoms with Crippen LogP contribution in [0.25, 0.3) is 10.9 Å². The summed E-state index contributed by atoms with van der Waals surface area (Å²) in [6, 6.07) is 6.78. The number of hydrogen-bond acceptors (Lipinski definition) is 2. The topological polar surface area (TPSA) is 27.1 Å². The van der Waals surface area contributed by atoms with Crippen LogP contribution >= 0.6 is 15.9 Å². The van der Waals surface area contributed by atoms with E-state index in [-0.39, 0.29) is 0 Å². The maximum absolute atomic E-state index is 5.41. The Morgan fingerprint density at radius 3 is 2.88 bits per heavy atom. The fourth-order valence-electron chi connectivity index (χ4n) is 2.54. The van der Waals surface area contributed by atoms with Crippen molar-refractivity contribution in [3.05, 3.63) is 28.4 Å². The van der Waals surface area contributed by atoms with Gasteiger partial charge in [-0.25, -0.2) is 0 Å². The molecule has 0 saturated carbocycles. The second-order valence-electron chi connectivity index (χ2n) is 4.51. The Labute approximate surface area is 109 Å². The molecular weight excluding hydrogens is 280 g/mol. The molecule has 1 saturated heterocycles. The molecule has 1 aliphatic heterocycles. The summed E-state index contributed by atoms with van der Waals surface area (Å²) in [4.78, 5) is 0. The van der Waals surface area contributed by atoms with Crippen LogP contribution in [0.15, 0.2) is 22.7 Å². The van der Waals surface area contributed by atoms with Crippen molar-refractivity contribution < 1.29 is 4.74 Å². The van der Waals surface area contributed by atoms with E-state index in [1.165, 1.54) is 10.9 Å². The van der Waals surface area contributed by atoms with E-state index in [9.17, 15) is 0 Å². The molecule has 1 fully saturated rings. The van der Waals surface area contributed by atoms with Crippen molar-refractivity contribution in [3.8, 4) is 0 Å². The smallest absolute Gasteiger partial charge is 0.0700 e. The second kappa shape index (κ2) is 4.42. The van der Waals surface area contributed by atoms with Crippen LogP contribution in [0.2, 0.25) is 0 Å². The van der Waals surface area contributed by atoms with Crippen LogP contribution in [0.5, 0.6) is 0 Å². The molecule has 4 heteroatoms. The van der Waals surface area contributed by atoms with E-state index in [0.717, 1.165) is 36.2 Å². The number of aromatic nitrogens is 2. The van der Waals surface area contributed by atoms with E-state index in [2.05, 4.69) is 45.7 Å². The first-order valence-electron chi connectivity index (χ1n) is 5.98. The lowest BCUT2D eigenvalue weighted by Gasteiger charge is -2.23. The molecule has 0 atom stereocenters. The van der Waals surface area contributed by atoms with Crippen LogP contribution in [-0.2, 0) is 4.74 Å². The molecular formula is C13H15BrN2O. The number of fused-ring (bicyclic) bond motifs is 1. The number of rotatable bonds is 1. The summed E-state index contributed by atoms with van der Waals surface area (Å²) in [6.07, 6.45) is 2.12. The van der Waals surface area contributed by atoms with Crippen LogP contribution in [0.4, 0.5) is 0 Å². The van der Waals surface area contributed by atoms with Crippen molar-refractivity contribution in [2.75, 3.05) is 13.2 Å². The summed E-state index contributed by atoms with van der Waals surface area (Å²) < 4.78 is 8.72. The number of benzene rings is 1. The third kappa shape index (κ3) is 1.89. The van der Waals surface area contributed by atoms with Gasteiger partial charge in [0.05, 0.1) is 17.3 Å². The van der Waals surface area contributed by atoms with Crippen LogP contribution in [0.3, 0.4) is 0 Å². The minimum Gasteiger partial charge on any atom is -0.381 e. The minimum atomic E-state index is 0.481. The van der Waals surface area contributed by atoms with Crippen LogP contribution in [0.1, 0.15) is 24.6 Å². The third-order valence-corrected chi connectivity index (χ3v) is 4.06. The average molecular weight is 295 g/mol. The van der Waals surface area contributed by atoms with Gasteiger partial charge in [0.2, 0.25) is 0 Å². The standard InChI is InChI=1S/C13H15BrN2O/c1-9-13-11(14)3-2-4-12(13)16(15-9)10-5-7-17-8-6-10/h2-4,10H,5-8H2,1H3. The van der Waals surface area contributed by atoms with Gasteiger partial charge in [-0.2, -0.15) is 5.10 Å². The molecule has 2 heterocycles. The maximum Gasteiger partial charge on any atom is 0.0700 e. The van der Waals surface area contributed by atoms with E-state index in [1.54, 1.807) is 0 Å². The monoisotopic (exact) mass is 294 g/mol. The number of aryl methyl sites for hydroxylation is 1. The quantitative estimate of drug-likeness (QED) is 0.805. The van der Waals surface area contributed by atoms with E-state index in [1.807, 2.05) is 0 Å². The van der Waals surface area contributed by atoms with E-state index >= 15 is 0 Å². The van der Waals surface area contributed by atoms with Gasteiger partial charge in [0, 0.05) is 23.1 Å². The summed E-state index contributed by atoms with van der Waals surface area (Å²) in [5.74, 6) is 0. The average Bonchev–Trinajstić information content (AvgIpc) is 2.69. The highest BCUT2D eigenvalue weighted by atomic mass is 79.9. The molecule has 3 nitrogen and oxygen atoms in total. The molecule has 0 unspecified atom stereocenters. The Balaban J connectivity index is 2.13. The Morgan fingerprint density at radius 2 is 2.12 bits per heavy atom. The molecule has 3 rings (SSSR count). The van der Waals surface area contributed by atoms with Crippen molar-refractivity contribution in [2.24, 2.45) is 0 Å². The fourth-order valence-corrected chi connectivity index (χ4v) is 3.18. The number of nitrogens with zero attached hydrogens (tertiary/aromatic N) is 2. The lowest BCUT2D eigenvalue weighted by molar-refractivity contribution is 0.0674. The normalized spacial score (nSPS) is 17.8. The van der Waals surface area contributed by atoms with Crippen molar-refractivity contribution in [1.29, 1.82) is 0 Å². The summed E-state index contributed by atoms with van der Waals surface area (Å²) in [5.41, 5.74) is 2.32. The lowest BCUT2D eigenvalue weighted by Crippen LogP contribution is -2.20. The molecule has 1 aromatic heterocycles. The molecule has 1 aromatic carbocycles. The zero-order valence-corrected chi connectivity index (χ0v) is 11.4. The molecule has 1 aliphatic rings. The highest BCUT2D eigenvalue weighted by molar-refractivity contribution is 9.10. The van der Waals surface area contributed by atoms with Crippen molar-refractivity contribution >= 4 is 26.8 Å². The lowest BCUT2D eigenvalue weighted by atomic mass is 10.1. The van der Waals surface area contributed by atoms with Crippen molar-refractivity contribution in [1.82, 2.24) is 9.78 Å². The zero-order valence-electron chi connectivity index (χ0n) is 9.82. The Kier molecular flexibility index (Phi) is 2.92. The predicted octanol–water partition coefficient (Wildman–Crippen LogP) is 3.46. The first-order valence-corrected chi connectivity index (χ1v) is 6.78. The van der Waals surface area contributed by atoms with Gasteiger partial charge in [-0.15, -0.1) is 0 Å². The number of halogens is 1. The fraction of sp³-hybridized carbons (Fsp3) is 0.462. The van der Waals surface area contributed by atoms with Gasteiger partial charge in [-0.3, -0.25) is 4.68 Å². The number of hydrogen-bond donors (Lipinski definition) is 0. The molecule has 90 valence electrons. The van der Waals surface area contributed by atoms with E-state index in [4.69, 9.17) is 9.84 Å². The predicted molar refractivity (Wildman–Crippen MR) is 71.3 cm³/mol. The zero-order chi connectivity index (χ0) is 11.8. The molecule has 0 aliphatic carbocycles. The van der Waals surface area contributed by atoms with E-state index < -0.39 is 0 Å². The third-order valence-electron chi connectivity index (χ3n) is 3.39. The maximum atomic E-state index is 5.41. The first kappa shape index (κ1) is 11.2. The SMILES string of the molecule is Cc1nn(C2CCOCC2)c2cccc(Br)c12. The molecule has 0 radical (unpaired) electrons. The van der Waals surface area contributed by atoms with Gasteiger partial charge in [-0.05, 0) is 31.9 Å². The van der Waals surface area contributed by atoms with Crippen molar-refractivity contribution in [2.45, 2.75) is 25.8 Å². The summed E-state index contributed by atoms with van der Waals surface area (Å²) in [5, 5.41) is 5.94. The molecule has 0 amide bonds. The van der Waals surface area contributed by atoms with Crippen LogP contribution in [-0.4, -0.2) is 23.0 Å². The Hall–Kier alpha value is -0.870. The van der Waals surface area contributed by atoms with Gasteiger partial charge in [0.1, 0.15) is 0 Å². The summed E-state index contributed by atoms with van der Waals surface area (Å²) in [7, 11) is 0. The summed E-state index contributed by atoms with van der Waals surface area (Å²) in [6.45, 7) is 3.76.